The van der Waals surface area contributed by atoms with Crippen LogP contribution in [-0.4, -0.2) is 11.2 Å². The van der Waals surface area contributed by atoms with Gasteiger partial charge in [-0.25, -0.2) is 0 Å². The molecule has 0 aromatic heterocycles. The Morgan fingerprint density at radius 2 is 2.07 bits per heavy atom. The zero-order valence-corrected chi connectivity index (χ0v) is 11.3. The third-order valence-electron chi connectivity index (χ3n) is 4.47. The largest absolute Gasteiger partial charge is 0.392 e. The lowest BCUT2D eigenvalue weighted by atomic mass is 9.57. The Bertz CT molecular complexity index is 282. The quantitative estimate of drug-likeness (QED) is 0.679. The lowest BCUT2D eigenvalue weighted by Gasteiger charge is -2.50. The van der Waals surface area contributed by atoms with Crippen molar-refractivity contribution in [1.29, 1.82) is 0 Å². The van der Waals surface area contributed by atoms with Gasteiger partial charge in [0.2, 0.25) is 0 Å². The molecule has 2 heteroatoms. The first kappa shape index (κ1) is 10.9. The van der Waals surface area contributed by atoms with E-state index in [1.807, 2.05) is 0 Å². The Morgan fingerprint density at radius 3 is 2.64 bits per heavy atom. The van der Waals surface area contributed by atoms with Crippen molar-refractivity contribution in [1.82, 2.24) is 0 Å². The van der Waals surface area contributed by atoms with Gasteiger partial charge in [0, 0.05) is 5.41 Å². The molecule has 2 aliphatic rings. The van der Waals surface area contributed by atoms with Crippen molar-refractivity contribution in [3.8, 4) is 0 Å². The average molecular weight is 306 g/mol. The molecule has 0 bridgehead atoms. The van der Waals surface area contributed by atoms with Gasteiger partial charge in [-0.15, -0.1) is 0 Å². The fourth-order valence-corrected chi connectivity index (χ4v) is 4.35. The number of aliphatic hydroxyl groups is 1. The van der Waals surface area contributed by atoms with Crippen LogP contribution in [0.5, 0.6) is 0 Å². The summed E-state index contributed by atoms with van der Waals surface area (Å²) in [5, 5.41) is 10.2. The maximum Gasteiger partial charge on any atom is 0.0641 e. The molecule has 1 fully saturated rings. The molecule has 0 aromatic carbocycles. The Kier molecular flexibility index (Phi) is 2.51. The number of fused-ring (bicyclic) bond motifs is 1. The summed E-state index contributed by atoms with van der Waals surface area (Å²) in [5.41, 5.74) is 0.430. The van der Waals surface area contributed by atoms with Crippen molar-refractivity contribution in [3.05, 3.63) is 9.66 Å². The van der Waals surface area contributed by atoms with E-state index in [0.717, 1.165) is 19.3 Å². The number of rotatable bonds is 0. The lowest BCUT2D eigenvalue weighted by Crippen LogP contribution is -2.48. The van der Waals surface area contributed by atoms with E-state index in [1.165, 1.54) is 3.58 Å². The maximum atomic E-state index is 10.2. The summed E-state index contributed by atoms with van der Waals surface area (Å²) in [5.74, 6) is 0.630. The second-order valence-corrected chi connectivity index (χ2v) is 6.83. The van der Waals surface area contributed by atoms with Gasteiger partial charge in [0.25, 0.3) is 0 Å². The average Bonchev–Trinajstić information content (AvgIpc) is 2.40. The van der Waals surface area contributed by atoms with E-state index >= 15 is 0 Å². The minimum Gasteiger partial charge on any atom is -0.392 e. The maximum absolute atomic E-state index is 10.2. The van der Waals surface area contributed by atoms with E-state index in [4.69, 9.17) is 0 Å². The fourth-order valence-electron chi connectivity index (χ4n) is 3.36. The van der Waals surface area contributed by atoms with E-state index in [1.54, 1.807) is 0 Å². The van der Waals surface area contributed by atoms with Crippen LogP contribution in [0.25, 0.3) is 0 Å². The summed E-state index contributed by atoms with van der Waals surface area (Å²) in [4.78, 5) is 0. The third kappa shape index (κ3) is 1.29. The van der Waals surface area contributed by atoms with Crippen LogP contribution >= 0.6 is 22.6 Å². The van der Waals surface area contributed by atoms with Gasteiger partial charge >= 0.3 is 0 Å². The molecule has 0 aromatic rings. The Labute approximate surface area is 100 Å². The number of aliphatic hydroxyl groups excluding tert-OH is 1. The van der Waals surface area contributed by atoms with Gasteiger partial charge in [0.05, 0.1) is 6.10 Å². The van der Waals surface area contributed by atoms with Crippen LogP contribution in [0, 0.1) is 16.7 Å². The predicted octanol–water partition coefficient (Wildman–Crippen LogP) is 3.51. The molecule has 0 amide bonds. The Morgan fingerprint density at radius 1 is 1.43 bits per heavy atom. The van der Waals surface area contributed by atoms with Gasteiger partial charge in [0.1, 0.15) is 0 Å². The molecule has 80 valence electrons. The van der Waals surface area contributed by atoms with Crippen LogP contribution in [0.3, 0.4) is 0 Å². The van der Waals surface area contributed by atoms with Crippen LogP contribution in [0.2, 0.25) is 0 Å². The first-order valence-electron chi connectivity index (χ1n) is 5.43. The van der Waals surface area contributed by atoms with Crippen molar-refractivity contribution in [2.45, 2.75) is 46.1 Å². The minimum atomic E-state index is -0.133. The van der Waals surface area contributed by atoms with E-state index in [2.05, 4.69) is 49.4 Å². The minimum absolute atomic E-state index is 0.0440. The second kappa shape index (κ2) is 3.21. The molecule has 2 rings (SSSR count). The monoisotopic (exact) mass is 306 g/mol. The Hall–Kier alpha value is 0.430. The zero-order valence-electron chi connectivity index (χ0n) is 9.18. The Balaban J connectivity index is 2.39. The topological polar surface area (TPSA) is 20.2 Å². The van der Waals surface area contributed by atoms with Crippen LogP contribution in [0.1, 0.15) is 40.0 Å². The summed E-state index contributed by atoms with van der Waals surface area (Å²) in [6, 6.07) is 0. The standard InChI is InChI=1S/C12H19IO/c1-11(2)7-6-10(14)12(3)8(11)4-5-9(12)13/h5,8,10,14H,4,6-7H2,1-3H3/t8-,10+,12+/m0/s1. The SMILES string of the molecule is CC1(C)CC[C@@H](O)[C@@]2(C)C(I)=CC[C@@H]12. The molecule has 3 atom stereocenters. The van der Waals surface area contributed by atoms with Gasteiger partial charge in [-0.3, -0.25) is 0 Å². The molecule has 1 N–H and O–H groups in total. The lowest BCUT2D eigenvalue weighted by molar-refractivity contribution is -0.0622. The summed E-state index contributed by atoms with van der Waals surface area (Å²) in [7, 11) is 0. The van der Waals surface area contributed by atoms with E-state index in [-0.39, 0.29) is 11.5 Å². The summed E-state index contributed by atoms with van der Waals surface area (Å²) >= 11 is 2.42. The van der Waals surface area contributed by atoms with Gasteiger partial charge < -0.3 is 5.11 Å². The summed E-state index contributed by atoms with van der Waals surface area (Å²) in [6.45, 7) is 6.95. The van der Waals surface area contributed by atoms with Crippen molar-refractivity contribution in [2.75, 3.05) is 0 Å². The van der Waals surface area contributed by atoms with Gasteiger partial charge in [-0.1, -0.05) is 26.8 Å². The summed E-state index contributed by atoms with van der Waals surface area (Å²) in [6.07, 6.45) is 5.46. The molecular weight excluding hydrogens is 287 g/mol. The van der Waals surface area contributed by atoms with E-state index < -0.39 is 0 Å². The van der Waals surface area contributed by atoms with Gasteiger partial charge in [0.15, 0.2) is 0 Å². The molecule has 1 saturated carbocycles. The predicted molar refractivity (Wildman–Crippen MR) is 67.3 cm³/mol. The molecule has 1 nitrogen and oxygen atoms in total. The van der Waals surface area contributed by atoms with Gasteiger partial charge in [-0.05, 0) is 56.8 Å². The molecular formula is C12H19IO. The first-order valence-corrected chi connectivity index (χ1v) is 6.51. The highest BCUT2D eigenvalue weighted by Gasteiger charge is 2.54. The molecule has 0 aliphatic heterocycles. The number of allylic oxidation sites excluding steroid dienone is 1. The van der Waals surface area contributed by atoms with Crippen LogP contribution in [0.4, 0.5) is 0 Å². The van der Waals surface area contributed by atoms with Crippen molar-refractivity contribution >= 4 is 22.6 Å². The zero-order chi connectivity index (χ0) is 10.6. The molecule has 14 heavy (non-hydrogen) atoms. The number of hydrogen-bond donors (Lipinski definition) is 1. The third-order valence-corrected chi connectivity index (χ3v) is 6.07. The fraction of sp³-hybridized carbons (Fsp3) is 0.833. The molecule has 0 spiro atoms. The molecule has 0 radical (unpaired) electrons. The van der Waals surface area contributed by atoms with Crippen LogP contribution in [0.15, 0.2) is 9.66 Å². The van der Waals surface area contributed by atoms with E-state index in [0.29, 0.717) is 11.3 Å². The second-order valence-electron chi connectivity index (χ2n) is 5.67. The van der Waals surface area contributed by atoms with E-state index in [9.17, 15) is 5.11 Å². The normalized spacial score (nSPS) is 45.9. The molecule has 0 saturated heterocycles. The number of hydrogen-bond acceptors (Lipinski definition) is 1. The summed E-state index contributed by atoms with van der Waals surface area (Å²) < 4.78 is 1.38. The van der Waals surface area contributed by atoms with Crippen LogP contribution in [-0.2, 0) is 0 Å². The first-order chi connectivity index (χ1) is 6.39. The van der Waals surface area contributed by atoms with Crippen molar-refractivity contribution in [3.63, 3.8) is 0 Å². The van der Waals surface area contributed by atoms with Crippen LogP contribution < -0.4 is 0 Å². The smallest absolute Gasteiger partial charge is 0.0641 e. The number of halogens is 1. The molecule has 0 heterocycles. The molecule has 0 unspecified atom stereocenters. The highest BCUT2D eigenvalue weighted by Crippen LogP contribution is 2.60. The molecule has 2 aliphatic carbocycles. The van der Waals surface area contributed by atoms with Gasteiger partial charge in [-0.2, -0.15) is 0 Å². The van der Waals surface area contributed by atoms with Crippen molar-refractivity contribution in [2.24, 2.45) is 16.7 Å². The highest BCUT2D eigenvalue weighted by molar-refractivity contribution is 14.1. The highest BCUT2D eigenvalue weighted by atomic mass is 127. The van der Waals surface area contributed by atoms with Crippen molar-refractivity contribution < 1.29 is 5.11 Å².